The maximum atomic E-state index is 13.7. The van der Waals surface area contributed by atoms with Crippen LogP contribution in [0.4, 0.5) is 11.6 Å². The van der Waals surface area contributed by atoms with Gasteiger partial charge in [-0.05, 0) is 320 Å². The van der Waals surface area contributed by atoms with Crippen LogP contribution in [0.2, 0.25) is 0 Å². The van der Waals surface area contributed by atoms with Gasteiger partial charge in [-0.1, -0.05) is 69.0 Å². The van der Waals surface area contributed by atoms with Gasteiger partial charge in [0, 0.05) is 217 Å². The highest BCUT2D eigenvalue weighted by molar-refractivity contribution is 6.12. The summed E-state index contributed by atoms with van der Waals surface area (Å²) in [5.74, 6) is 1.39. The number of H-pyrrole nitrogens is 3. The van der Waals surface area contributed by atoms with E-state index < -0.39 is 0 Å². The van der Waals surface area contributed by atoms with Gasteiger partial charge in [0.1, 0.15) is 11.6 Å². The number of nitriles is 1. The number of Topliss-reactive ketones (excluding diaryl/α,β-unsaturated/α-hetero) is 2. The highest BCUT2D eigenvalue weighted by Gasteiger charge is 2.30. The van der Waals surface area contributed by atoms with Crippen LogP contribution >= 0.6 is 0 Å². The molecule has 2 aliphatic carbocycles. The number of aryl methyl sites for hydroxylation is 7. The lowest BCUT2D eigenvalue weighted by Crippen LogP contribution is -2.44. The fourth-order valence-corrected chi connectivity index (χ4v) is 21.4. The molecule has 28 heteroatoms. The van der Waals surface area contributed by atoms with E-state index in [-0.39, 0.29) is 84.1 Å². The standard InChI is InChI=1S/C33H39N5O2.C31H38N6O2.C29H35N7O2.C25H28N2O2/c1-22-16-23(2)36-33(40)29(22)19-34-32(39)28-17-26(18-31-30(28)20-35-38(31)27-8-4-5-9-27)25-12-10-24(11-13-25)21-37-14-6-3-7-15-37;1-19(2)37-18-21(4)29-25(30(38)33-17-26-20(3)13-22(5)34-31(26)39)14-24(15-27(29)37)23-7-8-28(32-16-23)36-11-9-35(6)10-12-36;1-18(2)36-26-14-22(21-6-7-27(30-15-21)35-10-8-34(5)9-11-35)13-23(25(26)17-32-36)28(37)31-16-24-19(3)12-20(4)33-29(24)38;1-5-19(6-2)27-10-9-21-22(13-18(15-26)14-23(21)27)24(28)8-7-20-17(4)11-16(3)12-25(20)29/h10-13,16-18,20,27H,3-9,14-15,19,21H2,1-2H3,(H,34,39)(H,36,40);7-8,13-16,18-19H,9-12,17H2,1-6H3,(H,33,38)(H,34,39);6-7,12-15,17-18H,8-11,16H2,1-5H3,(H,31,37)(H,33,38);9-11,13-14,19H,5-8,12H2,1-4H3. The number of anilines is 2. The van der Waals surface area contributed by atoms with Gasteiger partial charge in [0.05, 0.1) is 57.7 Å². The van der Waals surface area contributed by atoms with Crippen molar-refractivity contribution in [2.45, 2.75) is 231 Å². The second-order valence-electron chi connectivity index (χ2n) is 41.1. The minimum atomic E-state index is -0.249. The number of hydrogen-bond donors (Lipinski definition) is 6. The van der Waals surface area contributed by atoms with E-state index in [1.807, 2.05) is 146 Å². The number of rotatable bonds is 26. The number of carbonyl (C=O) groups excluding carboxylic acids is 5. The molecule has 0 radical (unpaired) electrons. The number of carbonyl (C=O) groups is 5. The van der Waals surface area contributed by atoms with Gasteiger partial charge in [0.15, 0.2) is 11.6 Å². The Bertz CT molecular complexity index is 7510. The van der Waals surface area contributed by atoms with Gasteiger partial charge in [-0.15, -0.1) is 0 Å². The zero-order valence-corrected chi connectivity index (χ0v) is 87.8. The average Bonchev–Trinajstić information content (AvgIpc) is 1.60. The van der Waals surface area contributed by atoms with Crippen molar-refractivity contribution < 1.29 is 24.0 Å². The van der Waals surface area contributed by atoms with E-state index >= 15 is 0 Å². The summed E-state index contributed by atoms with van der Waals surface area (Å²) in [6.07, 6.45) is 25.2. The monoisotopic (exact) mass is 1970 g/mol. The zero-order chi connectivity index (χ0) is 104. The molecule has 9 aromatic heterocycles. The van der Waals surface area contributed by atoms with Gasteiger partial charge in [0.2, 0.25) is 0 Å². The largest absolute Gasteiger partial charge is 0.354 e. The number of benzene rings is 5. The highest BCUT2D eigenvalue weighted by Crippen LogP contribution is 2.40. The number of amides is 3. The van der Waals surface area contributed by atoms with E-state index in [0.717, 1.165) is 229 Å². The van der Waals surface area contributed by atoms with Crippen molar-refractivity contribution in [3.8, 4) is 39.4 Å². The Morgan fingerprint density at radius 1 is 0.473 bits per heavy atom. The molecule has 14 aromatic rings. The summed E-state index contributed by atoms with van der Waals surface area (Å²) in [5, 5.41) is 31.3. The van der Waals surface area contributed by atoms with E-state index in [4.69, 9.17) is 15.1 Å². The molecule has 19 rings (SSSR count). The number of ketones is 2. The van der Waals surface area contributed by atoms with Crippen molar-refractivity contribution in [3.63, 3.8) is 0 Å². The molecule has 3 amide bonds. The zero-order valence-electron chi connectivity index (χ0n) is 87.8. The Hall–Kier alpha value is -14.5. The third-order valence-electron chi connectivity index (χ3n) is 29.6. The Labute approximate surface area is 854 Å². The Balaban J connectivity index is 0.000000140. The first kappa shape index (κ1) is 104. The molecule has 0 atom stereocenters. The number of pyridine rings is 5. The van der Waals surface area contributed by atoms with Gasteiger partial charge >= 0.3 is 0 Å². The summed E-state index contributed by atoms with van der Waals surface area (Å²) >= 11 is 0. The highest BCUT2D eigenvalue weighted by atomic mass is 16.2. The van der Waals surface area contributed by atoms with Crippen molar-refractivity contribution in [2.75, 3.05) is 89.3 Å². The van der Waals surface area contributed by atoms with Gasteiger partial charge in [-0.3, -0.25) is 52.6 Å². The van der Waals surface area contributed by atoms with Crippen LogP contribution in [0.5, 0.6) is 0 Å². The fourth-order valence-electron chi connectivity index (χ4n) is 21.4. The van der Waals surface area contributed by atoms with E-state index in [1.165, 1.54) is 50.8 Å². The van der Waals surface area contributed by atoms with Crippen molar-refractivity contribution in [1.82, 2.24) is 84.3 Å². The lowest BCUT2D eigenvalue weighted by atomic mass is 9.88. The Kier molecular flexibility index (Phi) is 33.0. The molecule has 5 aliphatic rings. The summed E-state index contributed by atoms with van der Waals surface area (Å²) in [4.78, 5) is 134. The molecule has 0 unspecified atom stereocenters. The molecule has 3 saturated heterocycles. The van der Waals surface area contributed by atoms with Gasteiger partial charge in [-0.25, -0.2) is 9.97 Å². The molecule has 1 saturated carbocycles. The summed E-state index contributed by atoms with van der Waals surface area (Å²) < 4.78 is 8.45. The molecule has 3 aliphatic heterocycles. The summed E-state index contributed by atoms with van der Waals surface area (Å²) in [6, 6.07) is 43.9. The topological polar surface area (TPSA) is 331 Å². The van der Waals surface area contributed by atoms with Gasteiger partial charge in [0.25, 0.3) is 34.4 Å². The maximum absolute atomic E-state index is 13.7. The van der Waals surface area contributed by atoms with Gasteiger partial charge < -0.3 is 59.6 Å². The van der Waals surface area contributed by atoms with Gasteiger partial charge in [-0.2, -0.15) is 15.5 Å². The number of fused-ring (bicyclic) bond motifs is 4. The quantitative estimate of drug-likeness (QED) is 0.0274. The van der Waals surface area contributed by atoms with Crippen LogP contribution < -0.4 is 42.4 Å². The summed E-state index contributed by atoms with van der Waals surface area (Å²) in [7, 11) is 4.28. The van der Waals surface area contributed by atoms with Crippen LogP contribution in [0, 0.1) is 59.8 Å². The third-order valence-corrected chi connectivity index (χ3v) is 29.6. The normalized spacial score (nSPS) is 15.0. The first-order valence-corrected chi connectivity index (χ1v) is 51.9. The SMILES string of the molecule is CCC(CC)n1ccc2c(C(=O)CCC3=C(C)C=C(C)CC3=O)cc(C#N)cc21.Cc1cc(C)c(CNC(=O)c2cc(-c3ccc(CN4CCCCC4)cc3)cc3c2cnn3C2CCCC2)c(=O)[nH]1.Cc1cc(C)c(CNC(=O)c2cc(-c3ccc(N4CCN(C)CC4)nc3)cc3c2c(C)cn3C(C)C)c(=O)[nH]1.Cc1cc(C)c(CNC(=O)c2cc(-c3ccc(N4CCN(C)CC4)nc3)cc3c2cnn3C(C)C)c(=O)[nH]1. The fraction of sp³-hybridized carbons (Fsp3) is 0.398. The second kappa shape index (κ2) is 46.2. The molecule has 5 aromatic carbocycles. The number of aromatic amines is 3. The van der Waals surface area contributed by atoms with Crippen molar-refractivity contribution in [1.29, 1.82) is 5.26 Å². The van der Waals surface area contributed by atoms with E-state index in [0.29, 0.717) is 69.4 Å². The Morgan fingerprint density at radius 2 is 0.959 bits per heavy atom. The van der Waals surface area contributed by atoms with Crippen LogP contribution in [0.25, 0.3) is 77.0 Å². The predicted molar refractivity (Wildman–Crippen MR) is 584 cm³/mol. The number of hydrogen-bond acceptors (Lipinski definition) is 18. The lowest BCUT2D eigenvalue weighted by Gasteiger charge is -2.33. The van der Waals surface area contributed by atoms with E-state index in [1.54, 1.807) is 12.3 Å². The molecule has 0 spiro atoms. The number of piperidine rings is 1. The molecule has 760 valence electrons. The molecule has 12 heterocycles. The van der Waals surface area contributed by atoms with Crippen molar-refractivity contribution in [2.24, 2.45) is 0 Å². The van der Waals surface area contributed by atoms with Crippen LogP contribution in [0.3, 0.4) is 0 Å². The number of nitrogens with zero attached hydrogens (tertiary/aromatic N) is 14. The second-order valence-corrected chi connectivity index (χ2v) is 41.1. The van der Waals surface area contributed by atoms with Crippen LogP contribution in [0.15, 0.2) is 196 Å². The summed E-state index contributed by atoms with van der Waals surface area (Å²) in [5.41, 5.74) is 23.8. The smallest absolute Gasteiger partial charge is 0.253 e. The minimum absolute atomic E-state index is 0.0197. The van der Waals surface area contributed by atoms with Crippen LogP contribution in [-0.4, -0.2) is 177 Å². The molecule has 6 N–H and O–H groups in total. The predicted octanol–water partition coefficient (Wildman–Crippen LogP) is 20.4. The lowest BCUT2D eigenvalue weighted by molar-refractivity contribution is -0.115. The summed E-state index contributed by atoms with van der Waals surface area (Å²) in [6.45, 7) is 41.6. The van der Waals surface area contributed by atoms with Crippen LogP contribution in [0.1, 0.15) is 265 Å². The van der Waals surface area contributed by atoms with E-state index in [9.17, 15) is 43.6 Å². The van der Waals surface area contributed by atoms with Crippen LogP contribution in [-0.2, 0) is 31.0 Å². The van der Waals surface area contributed by atoms with Crippen molar-refractivity contribution >= 4 is 84.5 Å². The third kappa shape index (κ3) is 23.8. The average molecular weight is 1970 g/mol. The molecule has 28 nitrogen and oxygen atoms in total. The number of aromatic nitrogens is 11. The molecular weight excluding hydrogens is 1830 g/mol. The Morgan fingerprint density at radius 3 is 1.45 bits per heavy atom. The molecule has 146 heavy (non-hydrogen) atoms. The number of allylic oxidation sites excluding steroid dienone is 4. The first-order chi connectivity index (χ1) is 70.2. The number of piperazine rings is 2. The maximum Gasteiger partial charge on any atom is 0.253 e. The number of nitrogens with one attached hydrogen (secondary N) is 6. The number of likely N-dealkylation sites (N-methyl/N-ethyl adjacent to an activating group) is 2. The first-order valence-electron chi connectivity index (χ1n) is 51.9. The molecule has 0 bridgehead atoms. The van der Waals surface area contributed by atoms with E-state index in [2.05, 4.69) is 209 Å². The number of likely N-dealkylation sites (tertiary alicyclic amines) is 1. The van der Waals surface area contributed by atoms with Crippen molar-refractivity contribution in [3.05, 3.63) is 302 Å². The molecule has 4 fully saturated rings. The molecular formula is C118H140N20O8. The minimum Gasteiger partial charge on any atom is -0.354 e.